The van der Waals surface area contributed by atoms with Crippen LogP contribution in [0.15, 0.2) is 11.1 Å². The Balaban J connectivity index is 2.18. The van der Waals surface area contributed by atoms with Gasteiger partial charge in [0, 0.05) is 0 Å². The number of alkyl halides is 3. The molecular weight excluding hydrogens is 421 g/mol. The second-order valence-electron chi connectivity index (χ2n) is 6.82. The van der Waals surface area contributed by atoms with Crippen LogP contribution in [-0.4, -0.2) is 17.3 Å². The van der Waals surface area contributed by atoms with Crippen LogP contribution < -0.4 is 0 Å². The average molecular weight is 435 g/mol. The molecule has 0 unspecified atom stereocenters. The van der Waals surface area contributed by atoms with Crippen LogP contribution >= 0.6 is 11.6 Å². The van der Waals surface area contributed by atoms with Gasteiger partial charge < -0.3 is 9.84 Å². The fourth-order valence-corrected chi connectivity index (χ4v) is 3.05. The summed E-state index contributed by atoms with van der Waals surface area (Å²) in [5.74, 6) is -10.5. The van der Waals surface area contributed by atoms with Gasteiger partial charge in [0.25, 0.3) is 0 Å². The normalized spacial score (nSPS) is 21.6. The predicted octanol–water partition coefficient (Wildman–Crippen LogP) is 4.74. The first-order chi connectivity index (χ1) is 12.7. The molecule has 0 spiro atoms. The largest absolute Gasteiger partial charge is 0.460 e. The van der Waals surface area contributed by atoms with Crippen LogP contribution in [-0.2, 0) is 22.7 Å². The third kappa shape index (κ3) is 3.98. The highest BCUT2D eigenvalue weighted by atomic mass is 35.5. The molecule has 0 aliphatic heterocycles. The Labute approximate surface area is 159 Å². The molecule has 0 bridgehead atoms. The highest BCUT2D eigenvalue weighted by Gasteiger charge is 2.62. The summed E-state index contributed by atoms with van der Waals surface area (Å²) in [4.78, 5) is 12.1. The van der Waals surface area contributed by atoms with Crippen molar-refractivity contribution in [3.8, 4) is 0 Å². The van der Waals surface area contributed by atoms with E-state index >= 15 is 0 Å². The summed E-state index contributed by atoms with van der Waals surface area (Å²) in [5, 5.41) is 7.33. The van der Waals surface area contributed by atoms with Crippen molar-refractivity contribution >= 4 is 17.6 Å². The Kier molecular flexibility index (Phi) is 6.06. The molecule has 0 aromatic heterocycles. The summed E-state index contributed by atoms with van der Waals surface area (Å²) in [6.07, 6.45) is -4.16. The van der Waals surface area contributed by atoms with Gasteiger partial charge in [0.1, 0.15) is 11.6 Å². The summed E-state index contributed by atoms with van der Waals surface area (Å²) >= 11 is 5.15. The van der Waals surface area contributed by atoms with E-state index in [1.165, 1.54) is 13.8 Å². The molecular formula is C17H14ClF7O3. The third-order valence-electron chi connectivity index (χ3n) is 4.72. The van der Waals surface area contributed by atoms with Gasteiger partial charge >= 0.3 is 12.1 Å². The Morgan fingerprint density at radius 1 is 1.11 bits per heavy atom. The van der Waals surface area contributed by atoms with Crippen LogP contribution in [0.2, 0.25) is 0 Å². The highest BCUT2D eigenvalue weighted by Crippen LogP contribution is 2.60. The van der Waals surface area contributed by atoms with Crippen molar-refractivity contribution in [1.29, 1.82) is 0 Å². The smallest absolute Gasteiger partial charge is 0.426 e. The van der Waals surface area contributed by atoms with E-state index in [0.717, 1.165) is 0 Å². The van der Waals surface area contributed by atoms with Crippen molar-refractivity contribution in [2.45, 2.75) is 33.2 Å². The Morgan fingerprint density at radius 2 is 1.57 bits per heavy atom. The summed E-state index contributed by atoms with van der Waals surface area (Å²) in [6.45, 7) is 0.427. The molecule has 1 aliphatic carbocycles. The third-order valence-corrected chi connectivity index (χ3v) is 5.06. The minimum absolute atomic E-state index is 0.643. The number of ether oxygens (including phenoxy) is 1. The lowest BCUT2D eigenvalue weighted by Crippen LogP contribution is -2.15. The number of aliphatic hydroxyl groups is 1. The van der Waals surface area contributed by atoms with Crippen molar-refractivity contribution in [2.24, 2.45) is 17.3 Å². The van der Waals surface area contributed by atoms with E-state index in [0.29, 0.717) is 6.08 Å². The van der Waals surface area contributed by atoms with Gasteiger partial charge in [-0.3, -0.25) is 4.79 Å². The van der Waals surface area contributed by atoms with E-state index in [1.54, 1.807) is 0 Å². The summed E-state index contributed by atoms with van der Waals surface area (Å²) in [7, 11) is 0. The molecule has 1 fully saturated rings. The van der Waals surface area contributed by atoms with E-state index in [4.69, 9.17) is 16.7 Å². The molecule has 0 amide bonds. The monoisotopic (exact) mass is 434 g/mol. The maximum absolute atomic E-state index is 13.9. The molecule has 0 saturated heterocycles. The first kappa shape index (κ1) is 22.5. The lowest BCUT2D eigenvalue weighted by atomic mass is 10.1. The van der Waals surface area contributed by atoms with Gasteiger partial charge in [0.2, 0.25) is 0 Å². The number of allylic oxidation sites excluding steroid dienone is 2. The molecule has 2 atom stereocenters. The number of esters is 1. The number of hydrogen-bond acceptors (Lipinski definition) is 3. The Morgan fingerprint density at radius 3 is 2.00 bits per heavy atom. The maximum atomic E-state index is 13.9. The fourth-order valence-electron chi connectivity index (χ4n) is 2.91. The van der Waals surface area contributed by atoms with E-state index in [1.807, 2.05) is 0 Å². The molecule has 1 aliphatic rings. The quantitative estimate of drug-likeness (QED) is 0.414. The zero-order chi connectivity index (χ0) is 21.6. The van der Waals surface area contributed by atoms with Crippen LogP contribution in [0.25, 0.3) is 0 Å². The van der Waals surface area contributed by atoms with Crippen molar-refractivity contribution in [2.75, 3.05) is 0 Å². The molecule has 28 heavy (non-hydrogen) atoms. The number of rotatable bonds is 5. The second-order valence-corrected chi connectivity index (χ2v) is 7.22. The molecule has 1 saturated carbocycles. The number of aliphatic hydroxyl groups excluding tert-OH is 1. The Bertz CT molecular complexity index is 804. The molecule has 1 N–H and O–H groups in total. The minimum atomic E-state index is -4.80. The lowest BCUT2D eigenvalue weighted by Gasteiger charge is -2.11. The van der Waals surface area contributed by atoms with E-state index in [-0.39, 0.29) is 0 Å². The molecule has 1 aromatic rings. The van der Waals surface area contributed by atoms with Gasteiger partial charge in [0.05, 0.1) is 23.7 Å². The van der Waals surface area contributed by atoms with Crippen LogP contribution in [0.5, 0.6) is 0 Å². The van der Waals surface area contributed by atoms with Crippen LogP contribution in [0.3, 0.4) is 0 Å². The zero-order valence-corrected chi connectivity index (χ0v) is 15.2. The van der Waals surface area contributed by atoms with E-state index in [9.17, 15) is 35.5 Å². The molecule has 0 heterocycles. The van der Waals surface area contributed by atoms with Crippen LogP contribution in [0.4, 0.5) is 30.7 Å². The molecule has 156 valence electrons. The molecule has 3 nitrogen and oxygen atoms in total. The van der Waals surface area contributed by atoms with Gasteiger partial charge in [-0.2, -0.15) is 13.2 Å². The molecule has 2 rings (SSSR count). The SMILES string of the molecule is CC1(C)[C@H](C(=O)OCc2c(F)c(F)c(CO)c(F)c2F)[C@@H]1/C=C(\Cl)C(F)(F)F. The average Bonchev–Trinajstić information content (AvgIpc) is 3.13. The van der Waals surface area contributed by atoms with Gasteiger partial charge in [-0.05, 0) is 11.3 Å². The van der Waals surface area contributed by atoms with Gasteiger partial charge in [-0.15, -0.1) is 0 Å². The maximum Gasteiger partial charge on any atom is 0.426 e. The summed E-state index contributed by atoms with van der Waals surface area (Å²) in [5.41, 5.74) is -3.42. The summed E-state index contributed by atoms with van der Waals surface area (Å²) < 4.78 is 97.2. The number of benzene rings is 1. The zero-order valence-electron chi connectivity index (χ0n) is 14.4. The molecule has 0 radical (unpaired) electrons. The van der Waals surface area contributed by atoms with Crippen LogP contribution in [0, 0.1) is 40.5 Å². The minimum Gasteiger partial charge on any atom is -0.460 e. The van der Waals surface area contributed by atoms with Crippen molar-refractivity contribution < 1.29 is 45.4 Å². The highest BCUT2D eigenvalue weighted by molar-refractivity contribution is 6.30. The summed E-state index contributed by atoms with van der Waals surface area (Å²) in [6, 6.07) is 0. The molecule has 11 heteroatoms. The number of halogens is 8. The number of carbonyl (C=O) groups is 1. The van der Waals surface area contributed by atoms with Crippen molar-refractivity contribution in [3.63, 3.8) is 0 Å². The topological polar surface area (TPSA) is 46.5 Å². The fraction of sp³-hybridized carbons (Fsp3) is 0.471. The van der Waals surface area contributed by atoms with E-state index < -0.39 is 82.0 Å². The van der Waals surface area contributed by atoms with Crippen molar-refractivity contribution in [3.05, 3.63) is 45.5 Å². The van der Waals surface area contributed by atoms with E-state index in [2.05, 4.69) is 4.74 Å². The van der Waals surface area contributed by atoms with Gasteiger partial charge in [-0.1, -0.05) is 31.5 Å². The number of hydrogen-bond donors (Lipinski definition) is 1. The molecule has 1 aromatic carbocycles. The Hall–Kier alpha value is -1.81. The number of carbonyl (C=O) groups excluding carboxylic acids is 1. The predicted molar refractivity (Wildman–Crippen MR) is 82.7 cm³/mol. The van der Waals surface area contributed by atoms with Gasteiger partial charge in [-0.25, -0.2) is 17.6 Å². The van der Waals surface area contributed by atoms with Gasteiger partial charge in [0.15, 0.2) is 23.3 Å². The first-order valence-corrected chi connectivity index (χ1v) is 8.18. The lowest BCUT2D eigenvalue weighted by molar-refractivity contribution is -0.147. The second kappa shape index (κ2) is 7.55. The van der Waals surface area contributed by atoms with Crippen molar-refractivity contribution in [1.82, 2.24) is 0 Å². The standard InChI is InChI=1S/C17H14ClF7O3/c1-16(2)8(3-9(18)17(23,24)25)10(16)15(27)28-5-7-13(21)11(19)6(4-26)12(20)14(7)22/h3,8,10,26H,4-5H2,1-2H3/b9-3-/t8-,10-/m0/s1. The van der Waals surface area contributed by atoms with Crippen LogP contribution in [0.1, 0.15) is 25.0 Å². The first-order valence-electron chi connectivity index (χ1n) is 7.80.